The lowest BCUT2D eigenvalue weighted by molar-refractivity contribution is -0.119. The van der Waals surface area contributed by atoms with E-state index in [0.717, 1.165) is 0 Å². The first kappa shape index (κ1) is 53.7. The van der Waals surface area contributed by atoms with Crippen LogP contribution in [0.1, 0.15) is 85.2 Å². The van der Waals surface area contributed by atoms with Gasteiger partial charge in [-0.2, -0.15) is 20.7 Å². The predicted octanol–water partition coefficient (Wildman–Crippen LogP) is 2.40. The van der Waals surface area contributed by atoms with Crippen LogP contribution in [0.5, 0.6) is 0 Å². The molecular formula is C47H51BClF2N13O8. The minimum atomic E-state index is -1.66. The molecule has 4 atom stereocenters. The highest BCUT2D eigenvalue weighted by Crippen LogP contribution is 2.28. The number of aliphatic hydroxyl groups is 2. The van der Waals surface area contributed by atoms with Crippen molar-refractivity contribution in [2.24, 2.45) is 0 Å². The van der Waals surface area contributed by atoms with E-state index in [2.05, 4.69) is 46.7 Å². The van der Waals surface area contributed by atoms with Crippen molar-refractivity contribution in [3.8, 4) is 23.5 Å². The van der Waals surface area contributed by atoms with Crippen LogP contribution in [0.4, 0.5) is 20.2 Å². The van der Waals surface area contributed by atoms with Gasteiger partial charge in [-0.1, -0.05) is 11.6 Å². The zero-order valence-corrected chi connectivity index (χ0v) is 40.2. The fourth-order valence-electron chi connectivity index (χ4n) is 7.30. The molecule has 0 spiro atoms. The Hall–Kier alpha value is -7.61. The summed E-state index contributed by atoms with van der Waals surface area (Å²) in [5, 5.41) is 77.4. The zero-order valence-electron chi connectivity index (χ0n) is 39.4. The molecule has 1 aliphatic carbocycles. The van der Waals surface area contributed by atoms with Crippen molar-refractivity contribution in [1.29, 1.82) is 10.5 Å². The number of Topliss-reactive ketones (excluding diaryl/α,β-unsaturated/α-hetero) is 1. The van der Waals surface area contributed by atoms with Crippen LogP contribution in [0.3, 0.4) is 0 Å². The number of amides is 3. The van der Waals surface area contributed by atoms with E-state index >= 15 is 0 Å². The van der Waals surface area contributed by atoms with E-state index < -0.39 is 42.5 Å². The molecular weight excluding hydrogens is 959 g/mol. The molecule has 6 aromatic heterocycles. The summed E-state index contributed by atoms with van der Waals surface area (Å²) < 4.78 is 30.9. The molecule has 1 aliphatic heterocycles. The van der Waals surface area contributed by atoms with Crippen LogP contribution in [-0.2, 0) is 9.59 Å². The lowest BCUT2D eigenvalue weighted by Crippen LogP contribution is -2.42. The molecule has 9 N–H and O–H groups in total. The van der Waals surface area contributed by atoms with E-state index in [1.807, 2.05) is 12.1 Å². The van der Waals surface area contributed by atoms with Crippen molar-refractivity contribution in [3.63, 3.8) is 0 Å². The fraction of sp³-hybridized carbons (Fsp3) is 0.362. The van der Waals surface area contributed by atoms with Crippen molar-refractivity contribution in [2.45, 2.75) is 89.0 Å². The Morgan fingerprint density at radius 1 is 0.806 bits per heavy atom. The van der Waals surface area contributed by atoms with Gasteiger partial charge in [-0.15, -0.1) is 0 Å². The van der Waals surface area contributed by atoms with E-state index in [-0.39, 0.29) is 65.2 Å². The molecule has 72 heavy (non-hydrogen) atoms. The maximum absolute atomic E-state index is 14.1. The molecule has 25 heteroatoms. The summed E-state index contributed by atoms with van der Waals surface area (Å²) in [4.78, 5) is 56.5. The number of alkyl halides is 2. The number of hydrogen-bond acceptors (Lipinski definition) is 16. The summed E-state index contributed by atoms with van der Waals surface area (Å²) in [6.45, 7) is 5.01. The average molecular weight is 1010 g/mol. The molecule has 3 amide bonds. The van der Waals surface area contributed by atoms with E-state index in [4.69, 9.17) is 32.2 Å². The van der Waals surface area contributed by atoms with Gasteiger partial charge in [0.15, 0.2) is 0 Å². The zero-order chi connectivity index (χ0) is 52.5. The molecule has 2 unspecified atom stereocenters. The SMILES string of the molecule is CC(C)(O)[C@H](F)CNC(=O)c1cnc(-c2ccc3cc(C#N)cnn23)cc1NC1CNC(=O)C1.CC(C)(O)[C@H](F)CNC(=O)c1cnc(Cl)cc1NC1CCC(=O)C1.N#Cc1cnn2c(B(O)O)ccc2c1. The van der Waals surface area contributed by atoms with Gasteiger partial charge in [0.25, 0.3) is 11.8 Å². The Labute approximate surface area is 416 Å². The highest BCUT2D eigenvalue weighted by Gasteiger charge is 2.30. The average Bonchev–Trinajstić information content (AvgIpc) is 4.16. The fourth-order valence-corrected chi connectivity index (χ4v) is 7.45. The summed E-state index contributed by atoms with van der Waals surface area (Å²) in [6, 6.07) is 17.0. The molecule has 1 saturated heterocycles. The normalized spacial score (nSPS) is 16.2. The van der Waals surface area contributed by atoms with Crippen molar-refractivity contribution in [2.75, 3.05) is 30.3 Å². The van der Waals surface area contributed by atoms with Crippen molar-refractivity contribution >= 4 is 70.2 Å². The van der Waals surface area contributed by atoms with Gasteiger partial charge in [0.2, 0.25) is 5.91 Å². The number of nitrogens with one attached hydrogen (secondary N) is 5. The third-order valence-electron chi connectivity index (χ3n) is 11.4. The summed E-state index contributed by atoms with van der Waals surface area (Å²) in [5.74, 6) is -1.03. The molecule has 7 heterocycles. The number of carbonyl (C=O) groups excluding carboxylic acids is 4. The number of pyridine rings is 2. The molecule has 2 fully saturated rings. The van der Waals surface area contributed by atoms with E-state index in [1.165, 1.54) is 63.1 Å². The number of nitriles is 2. The number of ketones is 1. The molecule has 8 rings (SSSR count). The molecule has 0 aromatic carbocycles. The lowest BCUT2D eigenvalue weighted by atomic mass is 9.87. The molecule has 0 bridgehead atoms. The van der Waals surface area contributed by atoms with Crippen molar-refractivity contribution in [3.05, 3.63) is 101 Å². The second-order valence-corrected chi connectivity index (χ2v) is 18.4. The van der Waals surface area contributed by atoms with Gasteiger partial charge in [0, 0.05) is 44.2 Å². The van der Waals surface area contributed by atoms with Gasteiger partial charge < -0.3 is 46.8 Å². The van der Waals surface area contributed by atoms with Crippen LogP contribution < -0.4 is 32.2 Å². The van der Waals surface area contributed by atoms with E-state index in [0.29, 0.717) is 70.7 Å². The molecule has 1 saturated carbocycles. The minimum absolute atomic E-state index is 0.0622. The second kappa shape index (κ2) is 23.1. The third kappa shape index (κ3) is 13.8. The number of hydrogen-bond donors (Lipinski definition) is 9. The molecule has 376 valence electrons. The molecule has 21 nitrogen and oxygen atoms in total. The monoisotopic (exact) mass is 1010 g/mol. The Balaban J connectivity index is 0.000000193. The highest BCUT2D eigenvalue weighted by molar-refractivity contribution is 6.57. The summed E-state index contributed by atoms with van der Waals surface area (Å²) >= 11 is 5.88. The first-order valence-corrected chi connectivity index (χ1v) is 22.8. The quantitative estimate of drug-likeness (QED) is 0.0559. The van der Waals surface area contributed by atoms with Gasteiger partial charge in [-0.05, 0) is 82.6 Å². The van der Waals surface area contributed by atoms with Crippen LogP contribution in [-0.4, -0.2) is 135 Å². The number of aromatic nitrogens is 6. The molecule has 6 aromatic rings. The number of anilines is 2. The van der Waals surface area contributed by atoms with Crippen molar-refractivity contribution < 1.29 is 48.2 Å². The Morgan fingerprint density at radius 3 is 1.88 bits per heavy atom. The molecule has 0 radical (unpaired) electrons. The van der Waals surface area contributed by atoms with Gasteiger partial charge in [0.1, 0.15) is 35.4 Å². The second-order valence-electron chi connectivity index (χ2n) is 18.0. The van der Waals surface area contributed by atoms with Gasteiger partial charge in [0.05, 0.1) is 104 Å². The lowest BCUT2D eigenvalue weighted by Gasteiger charge is -2.23. The number of fused-ring (bicyclic) bond motifs is 2. The van der Waals surface area contributed by atoms with Gasteiger partial charge >= 0.3 is 7.12 Å². The number of carbonyl (C=O) groups is 4. The first-order valence-electron chi connectivity index (χ1n) is 22.4. The Kier molecular flexibility index (Phi) is 17.2. The summed E-state index contributed by atoms with van der Waals surface area (Å²) in [6.07, 6.45) is 4.06. The Morgan fingerprint density at radius 2 is 1.35 bits per heavy atom. The topological polar surface area (TPSA) is 317 Å². The maximum Gasteiger partial charge on any atom is 0.508 e. The Bertz CT molecular complexity index is 3060. The van der Waals surface area contributed by atoms with Crippen molar-refractivity contribution in [1.82, 2.24) is 45.1 Å². The van der Waals surface area contributed by atoms with E-state index in [9.17, 15) is 38.2 Å². The minimum Gasteiger partial charge on any atom is -0.422 e. The number of rotatable bonds is 14. The number of halogens is 3. The smallest absolute Gasteiger partial charge is 0.422 e. The van der Waals surface area contributed by atoms with Gasteiger partial charge in [-0.25, -0.2) is 22.8 Å². The van der Waals surface area contributed by atoms with Gasteiger partial charge in [-0.3, -0.25) is 24.2 Å². The van der Waals surface area contributed by atoms with Crippen LogP contribution in [0, 0.1) is 22.7 Å². The standard InChI is InChI=1S/C23H24FN7O3.C16H21ClFN3O3.C8H6BN3O2/c1-23(2,34)20(24)12-28-22(33)16-11-26-18(7-17(16)30-14-6-21(32)27-10-14)19-4-3-15-5-13(8-25)9-29-31(15)19;1-16(2,24)13(18)8-20-15(23)11-7-19-14(17)6-12(11)21-9-3-4-10(22)5-9;10-4-6-3-7-1-2-8(9(13)14)12(7)11-5-6/h3-5,7,9,11,14,20,34H,6,10,12H2,1-2H3,(H,26,30)(H,27,32)(H,28,33);6-7,9,13,24H,3-5,8H2,1-2H3,(H,19,21)(H,20,23);1-3,5,13-14H/t14?,20-;9?,13-;/m11./s1. The maximum atomic E-state index is 14.1. The third-order valence-corrected chi connectivity index (χ3v) is 11.6. The van der Waals surface area contributed by atoms with Crippen LogP contribution in [0.25, 0.3) is 22.4 Å². The van der Waals surface area contributed by atoms with Crippen LogP contribution in [0.15, 0.2) is 73.3 Å². The first-order chi connectivity index (χ1) is 34.0. The van der Waals surface area contributed by atoms with Crippen LogP contribution in [0.2, 0.25) is 5.15 Å². The number of nitrogens with zero attached hydrogens (tertiary/aromatic N) is 8. The van der Waals surface area contributed by atoms with Crippen LogP contribution >= 0.6 is 11.6 Å². The molecule has 2 aliphatic rings. The summed E-state index contributed by atoms with van der Waals surface area (Å²) in [5.41, 5.74) is 1.77. The highest BCUT2D eigenvalue weighted by atomic mass is 35.5. The summed E-state index contributed by atoms with van der Waals surface area (Å²) in [7, 11) is -1.56. The predicted molar refractivity (Wildman–Crippen MR) is 260 cm³/mol. The van der Waals surface area contributed by atoms with E-state index in [1.54, 1.807) is 47.0 Å². The largest absolute Gasteiger partial charge is 0.508 e.